The molecular weight excluding hydrogens is 344 g/mol. The van der Waals surface area contributed by atoms with Gasteiger partial charge in [0.15, 0.2) is 0 Å². The zero-order valence-corrected chi connectivity index (χ0v) is 16.0. The Morgan fingerprint density at radius 1 is 0.963 bits per heavy atom. The summed E-state index contributed by atoms with van der Waals surface area (Å²) in [7, 11) is 2.13. The second kappa shape index (κ2) is 9.68. The number of likely N-dealkylation sites (N-methyl/N-ethyl adjacent to an activating group) is 1. The van der Waals surface area contributed by atoms with Gasteiger partial charge in [0.05, 0.1) is 0 Å². The van der Waals surface area contributed by atoms with Crippen LogP contribution in [0.1, 0.15) is 0 Å². The summed E-state index contributed by atoms with van der Waals surface area (Å²) in [6.45, 7) is 9.23. The number of nitrogens with zero attached hydrogens (tertiary/aromatic N) is 3. The molecule has 2 heterocycles. The van der Waals surface area contributed by atoms with Crippen molar-refractivity contribution in [2.75, 3.05) is 82.7 Å². The first-order chi connectivity index (χ1) is 13.1. The molecule has 0 aliphatic carbocycles. The van der Waals surface area contributed by atoms with Gasteiger partial charge in [-0.15, -0.1) is 0 Å². The van der Waals surface area contributed by atoms with Crippen LogP contribution in [0, 0.1) is 0 Å². The van der Waals surface area contributed by atoms with Crippen LogP contribution in [0.3, 0.4) is 0 Å². The Bertz CT molecular complexity index is 622. The van der Waals surface area contributed by atoms with E-state index < -0.39 is 11.8 Å². The predicted octanol–water partition coefficient (Wildman–Crippen LogP) is -0.602. The maximum Gasteiger partial charge on any atom is 0.313 e. The summed E-state index contributed by atoms with van der Waals surface area (Å²) in [6.07, 6.45) is 0. The third-order valence-corrected chi connectivity index (χ3v) is 5.12. The van der Waals surface area contributed by atoms with E-state index in [2.05, 4.69) is 37.7 Å². The van der Waals surface area contributed by atoms with E-state index in [1.807, 2.05) is 24.3 Å². The van der Waals surface area contributed by atoms with Crippen molar-refractivity contribution < 1.29 is 9.59 Å². The minimum Gasteiger partial charge on any atom is -0.369 e. The summed E-state index contributed by atoms with van der Waals surface area (Å²) in [5, 5.41) is 8.65. The minimum absolute atomic E-state index is 0.481. The Morgan fingerprint density at radius 3 is 2.30 bits per heavy atom. The molecule has 2 fully saturated rings. The lowest BCUT2D eigenvalue weighted by atomic mass is 10.2. The number of hydrogen-bond acceptors (Lipinski definition) is 6. The van der Waals surface area contributed by atoms with E-state index in [-0.39, 0.29) is 0 Å². The van der Waals surface area contributed by atoms with E-state index in [4.69, 9.17) is 0 Å². The van der Waals surface area contributed by atoms with Crippen LogP contribution in [-0.4, -0.2) is 94.1 Å². The summed E-state index contributed by atoms with van der Waals surface area (Å²) < 4.78 is 0. The third kappa shape index (κ3) is 5.92. The van der Waals surface area contributed by atoms with E-state index in [0.717, 1.165) is 64.6 Å². The topological polar surface area (TPSA) is 79.9 Å². The highest BCUT2D eigenvalue weighted by atomic mass is 16.2. The van der Waals surface area contributed by atoms with E-state index >= 15 is 0 Å². The van der Waals surface area contributed by atoms with Crippen molar-refractivity contribution in [1.82, 2.24) is 20.4 Å². The molecule has 3 rings (SSSR count). The number of carbonyl (C=O) groups is 2. The highest BCUT2D eigenvalue weighted by Crippen LogP contribution is 2.19. The van der Waals surface area contributed by atoms with Gasteiger partial charge in [0.2, 0.25) is 0 Å². The molecule has 8 heteroatoms. The fourth-order valence-corrected chi connectivity index (χ4v) is 3.35. The molecule has 0 bridgehead atoms. The predicted molar refractivity (Wildman–Crippen MR) is 107 cm³/mol. The average molecular weight is 374 g/mol. The largest absolute Gasteiger partial charge is 0.369 e. The van der Waals surface area contributed by atoms with Gasteiger partial charge in [0.1, 0.15) is 0 Å². The molecule has 0 atom stereocenters. The molecule has 2 aliphatic rings. The molecule has 0 spiro atoms. The van der Waals surface area contributed by atoms with Crippen molar-refractivity contribution in [3.05, 3.63) is 24.3 Å². The van der Waals surface area contributed by atoms with Gasteiger partial charge >= 0.3 is 11.8 Å². The standard InChI is InChI=1S/C19H30N6O2/c1-23-12-14-25(15-13-23)17-4-2-16(3-5-17)22-19(27)18(26)21-8-11-24-9-6-20-7-10-24/h2-5,20H,6-15H2,1H3,(H,21,26)(H,22,27). The lowest BCUT2D eigenvalue weighted by Crippen LogP contribution is -2.47. The molecule has 2 saturated heterocycles. The second-order valence-electron chi connectivity index (χ2n) is 7.14. The Balaban J connectivity index is 1.41. The molecular formula is C19H30N6O2. The Kier molecular flexibility index (Phi) is 7.03. The molecule has 27 heavy (non-hydrogen) atoms. The number of carbonyl (C=O) groups excluding carboxylic acids is 2. The van der Waals surface area contributed by atoms with Gasteiger partial charge in [-0.25, -0.2) is 0 Å². The molecule has 2 amide bonds. The van der Waals surface area contributed by atoms with Crippen molar-refractivity contribution in [3.63, 3.8) is 0 Å². The maximum absolute atomic E-state index is 12.1. The fraction of sp³-hybridized carbons (Fsp3) is 0.579. The number of rotatable bonds is 5. The van der Waals surface area contributed by atoms with Crippen molar-refractivity contribution in [2.45, 2.75) is 0 Å². The van der Waals surface area contributed by atoms with E-state index in [1.54, 1.807) is 0 Å². The number of hydrogen-bond donors (Lipinski definition) is 3. The molecule has 0 aromatic heterocycles. The highest BCUT2D eigenvalue weighted by Gasteiger charge is 2.16. The van der Waals surface area contributed by atoms with Gasteiger partial charge < -0.3 is 25.8 Å². The molecule has 0 radical (unpaired) electrons. The van der Waals surface area contributed by atoms with Gasteiger partial charge in [-0.1, -0.05) is 0 Å². The van der Waals surface area contributed by atoms with Crippen LogP contribution in [0.5, 0.6) is 0 Å². The van der Waals surface area contributed by atoms with E-state index in [1.165, 1.54) is 0 Å². The van der Waals surface area contributed by atoms with Crippen molar-refractivity contribution >= 4 is 23.2 Å². The quantitative estimate of drug-likeness (QED) is 0.598. The summed E-state index contributed by atoms with van der Waals surface area (Å²) in [5.74, 6) is -1.21. The van der Waals surface area contributed by atoms with Crippen molar-refractivity contribution in [3.8, 4) is 0 Å². The lowest BCUT2D eigenvalue weighted by molar-refractivity contribution is -0.136. The van der Waals surface area contributed by atoms with Crippen LogP contribution in [0.25, 0.3) is 0 Å². The zero-order chi connectivity index (χ0) is 19.1. The number of anilines is 2. The first-order valence-corrected chi connectivity index (χ1v) is 9.67. The lowest BCUT2D eigenvalue weighted by Gasteiger charge is -2.34. The molecule has 0 saturated carbocycles. The molecule has 3 N–H and O–H groups in total. The number of benzene rings is 1. The summed E-state index contributed by atoms with van der Waals surface area (Å²) in [6, 6.07) is 7.67. The summed E-state index contributed by atoms with van der Waals surface area (Å²) in [4.78, 5) is 30.9. The molecule has 1 aromatic carbocycles. The van der Waals surface area contributed by atoms with Crippen LogP contribution in [0.4, 0.5) is 11.4 Å². The number of piperazine rings is 2. The molecule has 8 nitrogen and oxygen atoms in total. The number of amides is 2. The van der Waals surface area contributed by atoms with Gasteiger partial charge in [0.25, 0.3) is 0 Å². The van der Waals surface area contributed by atoms with Crippen LogP contribution in [0.2, 0.25) is 0 Å². The van der Waals surface area contributed by atoms with Crippen molar-refractivity contribution in [2.24, 2.45) is 0 Å². The first-order valence-electron chi connectivity index (χ1n) is 9.67. The Labute approximate surface area is 160 Å². The smallest absolute Gasteiger partial charge is 0.313 e. The van der Waals surface area contributed by atoms with E-state index in [0.29, 0.717) is 12.2 Å². The molecule has 0 unspecified atom stereocenters. The summed E-state index contributed by atoms with van der Waals surface area (Å²) >= 11 is 0. The monoisotopic (exact) mass is 374 g/mol. The maximum atomic E-state index is 12.1. The Hall–Kier alpha value is -2.16. The summed E-state index contributed by atoms with van der Waals surface area (Å²) in [5.41, 5.74) is 1.77. The van der Waals surface area contributed by atoms with E-state index in [9.17, 15) is 9.59 Å². The van der Waals surface area contributed by atoms with Crippen molar-refractivity contribution in [1.29, 1.82) is 0 Å². The highest BCUT2D eigenvalue weighted by molar-refractivity contribution is 6.39. The molecule has 148 valence electrons. The van der Waals surface area contributed by atoms with Gasteiger partial charge in [-0.2, -0.15) is 0 Å². The Morgan fingerprint density at radius 2 is 1.63 bits per heavy atom. The number of nitrogens with one attached hydrogen (secondary N) is 3. The van der Waals surface area contributed by atoms with Crippen LogP contribution < -0.4 is 20.9 Å². The van der Waals surface area contributed by atoms with Crippen LogP contribution in [0.15, 0.2) is 24.3 Å². The zero-order valence-electron chi connectivity index (χ0n) is 16.0. The van der Waals surface area contributed by atoms with Crippen LogP contribution in [-0.2, 0) is 9.59 Å². The fourth-order valence-electron chi connectivity index (χ4n) is 3.35. The molecule has 2 aliphatic heterocycles. The third-order valence-electron chi connectivity index (χ3n) is 5.12. The minimum atomic E-state index is -0.623. The molecule has 1 aromatic rings. The first kappa shape index (κ1) is 19.6. The second-order valence-corrected chi connectivity index (χ2v) is 7.14. The van der Waals surface area contributed by atoms with Gasteiger partial charge in [0, 0.05) is 76.8 Å². The van der Waals surface area contributed by atoms with Gasteiger partial charge in [-0.3, -0.25) is 14.5 Å². The normalized spacial score (nSPS) is 18.9. The SMILES string of the molecule is CN1CCN(c2ccc(NC(=O)C(=O)NCCN3CCNCC3)cc2)CC1. The average Bonchev–Trinajstić information content (AvgIpc) is 2.70. The van der Waals surface area contributed by atoms with Gasteiger partial charge in [-0.05, 0) is 31.3 Å². The van der Waals surface area contributed by atoms with Crippen LogP contribution >= 0.6 is 0 Å².